The van der Waals surface area contributed by atoms with E-state index in [9.17, 15) is 0 Å². The lowest BCUT2D eigenvalue weighted by molar-refractivity contribution is 0.129. The standard InChI is InChI=1S/C20H21NO2/c1-15(14-22)23-20-10-6-4-7-16(20)11-12-18-13-17-8-3-5-9-19(17)21(18)2/h3-13,15,22H,14H2,1-2H3. The largest absolute Gasteiger partial charge is 0.488 e. The fraction of sp³-hybridized carbons (Fsp3) is 0.200. The van der Waals surface area contributed by atoms with Gasteiger partial charge in [-0.3, -0.25) is 0 Å². The zero-order valence-corrected chi connectivity index (χ0v) is 13.4. The monoisotopic (exact) mass is 307 g/mol. The Morgan fingerprint density at radius 1 is 1.09 bits per heavy atom. The van der Waals surface area contributed by atoms with E-state index in [1.807, 2.05) is 37.3 Å². The highest BCUT2D eigenvalue weighted by Gasteiger charge is 2.06. The van der Waals surface area contributed by atoms with Crippen molar-refractivity contribution >= 4 is 23.1 Å². The number of aliphatic hydroxyl groups is 1. The van der Waals surface area contributed by atoms with E-state index in [4.69, 9.17) is 9.84 Å². The molecule has 0 saturated heterocycles. The Kier molecular flexibility index (Phi) is 4.49. The van der Waals surface area contributed by atoms with Crippen molar-refractivity contribution in [2.75, 3.05) is 6.61 Å². The minimum atomic E-state index is -0.220. The molecule has 0 amide bonds. The Bertz CT molecular complexity index is 833. The van der Waals surface area contributed by atoms with Gasteiger partial charge in [0, 0.05) is 29.2 Å². The first-order chi connectivity index (χ1) is 11.2. The summed E-state index contributed by atoms with van der Waals surface area (Å²) in [4.78, 5) is 0. The molecule has 3 rings (SSSR count). The summed E-state index contributed by atoms with van der Waals surface area (Å²) < 4.78 is 7.94. The second-order valence-corrected chi connectivity index (χ2v) is 5.67. The van der Waals surface area contributed by atoms with Gasteiger partial charge in [0.1, 0.15) is 11.9 Å². The molecule has 0 aliphatic rings. The number of aromatic nitrogens is 1. The van der Waals surface area contributed by atoms with Crippen LogP contribution in [0.25, 0.3) is 23.1 Å². The number of nitrogens with zero attached hydrogens (tertiary/aromatic N) is 1. The summed E-state index contributed by atoms with van der Waals surface area (Å²) in [5.41, 5.74) is 3.35. The average Bonchev–Trinajstić information content (AvgIpc) is 2.90. The van der Waals surface area contributed by atoms with Gasteiger partial charge >= 0.3 is 0 Å². The lowest BCUT2D eigenvalue weighted by Gasteiger charge is -2.14. The summed E-state index contributed by atoms with van der Waals surface area (Å²) in [6, 6.07) is 18.4. The number of aliphatic hydroxyl groups excluding tert-OH is 1. The van der Waals surface area contributed by atoms with Crippen LogP contribution in [-0.4, -0.2) is 22.4 Å². The SMILES string of the molecule is CC(CO)Oc1ccccc1C=Cc1cc2ccccc2n1C. The molecule has 3 heteroatoms. The predicted octanol–water partition coefficient (Wildman–Crippen LogP) is 4.11. The normalized spacial score (nSPS) is 12.8. The second kappa shape index (κ2) is 6.71. The summed E-state index contributed by atoms with van der Waals surface area (Å²) in [5.74, 6) is 0.782. The first-order valence-corrected chi connectivity index (χ1v) is 7.78. The van der Waals surface area contributed by atoms with Gasteiger partial charge in [0.2, 0.25) is 0 Å². The van der Waals surface area contributed by atoms with Gasteiger partial charge in [-0.15, -0.1) is 0 Å². The molecule has 0 aliphatic carbocycles. The van der Waals surface area contributed by atoms with E-state index in [0.717, 1.165) is 17.0 Å². The fourth-order valence-corrected chi connectivity index (χ4v) is 2.62. The van der Waals surface area contributed by atoms with Gasteiger partial charge < -0.3 is 14.4 Å². The zero-order chi connectivity index (χ0) is 16.2. The highest BCUT2D eigenvalue weighted by Crippen LogP contribution is 2.24. The van der Waals surface area contributed by atoms with Crippen LogP contribution in [-0.2, 0) is 7.05 Å². The molecule has 0 aliphatic heterocycles. The van der Waals surface area contributed by atoms with Crippen LogP contribution >= 0.6 is 0 Å². The van der Waals surface area contributed by atoms with E-state index in [1.54, 1.807) is 0 Å². The Balaban J connectivity index is 1.91. The lowest BCUT2D eigenvalue weighted by atomic mass is 10.1. The highest BCUT2D eigenvalue weighted by molar-refractivity contribution is 5.85. The smallest absolute Gasteiger partial charge is 0.127 e. The topological polar surface area (TPSA) is 34.4 Å². The van der Waals surface area contributed by atoms with Crippen LogP contribution in [0.15, 0.2) is 54.6 Å². The van der Waals surface area contributed by atoms with E-state index in [1.165, 1.54) is 10.9 Å². The van der Waals surface area contributed by atoms with Crippen molar-refractivity contribution in [1.82, 2.24) is 4.57 Å². The molecule has 1 heterocycles. The molecule has 3 nitrogen and oxygen atoms in total. The summed E-state index contributed by atoms with van der Waals surface area (Å²) in [6.07, 6.45) is 3.92. The van der Waals surface area contributed by atoms with Crippen LogP contribution in [0, 0.1) is 0 Å². The molecule has 1 N–H and O–H groups in total. The van der Waals surface area contributed by atoms with Crippen molar-refractivity contribution in [2.45, 2.75) is 13.0 Å². The molecular formula is C20H21NO2. The number of benzene rings is 2. The zero-order valence-electron chi connectivity index (χ0n) is 13.4. The minimum Gasteiger partial charge on any atom is -0.488 e. The maximum absolute atomic E-state index is 9.17. The molecule has 0 radical (unpaired) electrons. The van der Waals surface area contributed by atoms with E-state index in [-0.39, 0.29) is 12.7 Å². The Hall–Kier alpha value is -2.52. The number of rotatable bonds is 5. The van der Waals surface area contributed by atoms with Gasteiger partial charge in [0.15, 0.2) is 0 Å². The quantitative estimate of drug-likeness (QED) is 0.770. The van der Waals surface area contributed by atoms with Crippen molar-refractivity contribution in [3.63, 3.8) is 0 Å². The molecule has 23 heavy (non-hydrogen) atoms. The Labute approximate surface area is 136 Å². The number of hydrogen-bond donors (Lipinski definition) is 1. The first kappa shape index (κ1) is 15.4. The molecule has 0 bridgehead atoms. The maximum Gasteiger partial charge on any atom is 0.127 e. The third-order valence-corrected chi connectivity index (χ3v) is 3.93. The van der Waals surface area contributed by atoms with Crippen LogP contribution in [0.3, 0.4) is 0 Å². The first-order valence-electron chi connectivity index (χ1n) is 7.78. The third kappa shape index (κ3) is 3.30. The van der Waals surface area contributed by atoms with E-state index in [0.29, 0.717) is 0 Å². The van der Waals surface area contributed by atoms with Gasteiger partial charge in [0.25, 0.3) is 0 Å². The van der Waals surface area contributed by atoms with Crippen molar-refractivity contribution in [1.29, 1.82) is 0 Å². The predicted molar refractivity (Wildman–Crippen MR) is 95.5 cm³/mol. The Morgan fingerprint density at radius 2 is 1.83 bits per heavy atom. The molecular weight excluding hydrogens is 286 g/mol. The van der Waals surface area contributed by atoms with Gasteiger partial charge in [-0.1, -0.05) is 36.4 Å². The summed E-state index contributed by atoms with van der Waals surface area (Å²) in [7, 11) is 2.07. The fourth-order valence-electron chi connectivity index (χ4n) is 2.62. The van der Waals surface area contributed by atoms with Gasteiger partial charge in [0.05, 0.1) is 6.61 Å². The summed E-state index contributed by atoms with van der Waals surface area (Å²) in [5, 5.41) is 10.4. The van der Waals surface area contributed by atoms with E-state index >= 15 is 0 Å². The molecule has 118 valence electrons. The van der Waals surface area contributed by atoms with Crippen LogP contribution in [0.2, 0.25) is 0 Å². The number of fused-ring (bicyclic) bond motifs is 1. The number of para-hydroxylation sites is 2. The molecule has 3 aromatic rings. The molecule has 0 saturated carbocycles. The van der Waals surface area contributed by atoms with Crippen molar-refractivity contribution in [2.24, 2.45) is 7.05 Å². The molecule has 1 atom stereocenters. The Morgan fingerprint density at radius 3 is 2.61 bits per heavy atom. The van der Waals surface area contributed by atoms with Gasteiger partial charge in [-0.25, -0.2) is 0 Å². The van der Waals surface area contributed by atoms with E-state index in [2.05, 4.69) is 48.0 Å². The van der Waals surface area contributed by atoms with Crippen LogP contribution in [0.1, 0.15) is 18.2 Å². The lowest BCUT2D eigenvalue weighted by Crippen LogP contribution is -2.16. The van der Waals surface area contributed by atoms with Crippen molar-refractivity contribution in [3.05, 3.63) is 65.9 Å². The molecule has 0 spiro atoms. The summed E-state index contributed by atoms with van der Waals surface area (Å²) >= 11 is 0. The second-order valence-electron chi connectivity index (χ2n) is 5.67. The van der Waals surface area contributed by atoms with Crippen LogP contribution in [0.4, 0.5) is 0 Å². The van der Waals surface area contributed by atoms with Crippen LogP contribution < -0.4 is 4.74 Å². The molecule has 1 aromatic heterocycles. The third-order valence-electron chi connectivity index (χ3n) is 3.93. The average molecular weight is 307 g/mol. The minimum absolute atomic E-state index is 0.00124. The van der Waals surface area contributed by atoms with Crippen LogP contribution in [0.5, 0.6) is 5.75 Å². The number of ether oxygens (including phenoxy) is 1. The number of aryl methyl sites for hydroxylation is 1. The van der Waals surface area contributed by atoms with Gasteiger partial charge in [-0.05, 0) is 37.3 Å². The van der Waals surface area contributed by atoms with Crippen molar-refractivity contribution in [3.8, 4) is 5.75 Å². The molecule has 1 unspecified atom stereocenters. The van der Waals surface area contributed by atoms with Crippen molar-refractivity contribution < 1.29 is 9.84 Å². The highest BCUT2D eigenvalue weighted by atomic mass is 16.5. The summed E-state index contributed by atoms with van der Waals surface area (Å²) in [6.45, 7) is 1.85. The maximum atomic E-state index is 9.17. The molecule has 2 aromatic carbocycles. The van der Waals surface area contributed by atoms with Gasteiger partial charge in [-0.2, -0.15) is 0 Å². The number of hydrogen-bond acceptors (Lipinski definition) is 2. The molecule has 0 fully saturated rings. The van der Waals surface area contributed by atoms with E-state index < -0.39 is 0 Å².